The van der Waals surface area contributed by atoms with Crippen LogP contribution in [0.5, 0.6) is 0 Å². The fourth-order valence-electron chi connectivity index (χ4n) is 1.69. The smallest absolute Gasteiger partial charge is 0.147 e. The average molecular weight is 226 g/mol. The first-order valence-electron chi connectivity index (χ1n) is 5.15. The number of nitrogens with zero attached hydrogens (tertiary/aromatic N) is 5. The molecular weight excluding hydrogens is 216 g/mol. The third-order valence-corrected chi connectivity index (χ3v) is 2.48. The van der Waals surface area contributed by atoms with Gasteiger partial charge in [0.25, 0.3) is 0 Å². The van der Waals surface area contributed by atoms with Crippen LogP contribution in [0, 0.1) is 6.92 Å². The third-order valence-electron chi connectivity index (χ3n) is 2.48. The van der Waals surface area contributed by atoms with E-state index in [0.717, 1.165) is 22.5 Å². The normalized spacial score (nSPS) is 10.6. The summed E-state index contributed by atoms with van der Waals surface area (Å²) < 4.78 is 1.78. The minimum Gasteiger partial charge on any atom is -0.285 e. The molecule has 3 rings (SSSR count). The Labute approximate surface area is 97.4 Å². The predicted octanol–water partition coefficient (Wildman–Crippen LogP) is 1.36. The van der Waals surface area contributed by atoms with Gasteiger partial charge in [0.2, 0.25) is 0 Å². The van der Waals surface area contributed by atoms with Crippen molar-refractivity contribution in [3.8, 4) is 16.9 Å². The van der Waals surface area contributed by atoms with Gasteiger partial charge in [-0.05, 0) is 18.6 Å². The van der Waals surface area contributed by atoms with E-state index in [2.05, 4.69) is 31.4 Å². The van der Waals surface area contributed by atoms with E-state index in [1.807, 2.05) is 19.3 Å². The molecule has 3 aromatic rings. The molecule has 0 amide bonds. The first-order chi connectivity index (χ1) is 8.34. The maximum Gasteiger partial charge on any atom is 0.147 e. The molecule has 3 heterocycles. The zero-order valence-electron chi connectivity index (χ0n) is 9.20. The van der Waals surface area contributed by atoms with Gasteiger partial charge in [-0.2, -0.15) is 5.10 Å². The molecule has 0 atom stereocenters. The van der Waals surface area contributed by atoms with Gasteiger partial charge in [0, 0.05) is 23.5 Å². The molecule has 84 valence electrons. The highest BCUT2D eigenvalue weighted by Crippen LogP contribution is 2.24. The number of aromatic amines is 1. The van der Waals surface area contributed by atoms with E-state index >= 15 is 0 Å². The van der Waals surface area contributed by atoms with E-state index in [-0.39, 0.29) is 0 Å². The molecule has 0 saturated carbocycles. The fraction of sp³-hybridized carbons (Fsp3) is 0.0909. The first-order valence-corrected chi connectivity index (χ1v) is 5.15. The van der Waals surface area contributed by atoms with Gasteiger partial charge >= 0.3 is 0 Å². The number of rotatable bonds is 2. The van der Waals surface area contributed by atoms with Crippen LogP contribution in [0.3, 0.4) is 0 Å². The van der Waals surface area contributed by atoms with Crippen LogP contribution in [0.1, 0.15) is 5.56 Å². The van der Waals surface area contributed by atoms with Gasteiger partial charge in [0.05, 0.1) is 6.20 Å². The highest BCUT2D eigenvalue weighted by atomic mass is 15.3. The Balaban J connectivity index is 2.22. The Hall–Kier alpha value is -2.50. The maximum absolute atomic E-state index is 4.42. The van der Waals surface area contributed by atoms with Crippen molar-refractivity contribution in [2.45, 2.75) is 6.92 Å². The quantitative estimate of drug-likeness (QED) is 0.716. The SMILES string of the molecule is Cc1cnc(-n2cnnc2)c(-c2cn[nH]c2)c1. The summed E-state index contributed by atoms with van der Waals surface area (Å²) in [5, 5.41) is 14.3. The third kappa shape index (κ3) is 1.69. The fourth-order valence-corrected chi connectivity index (χ4v) is 1.69. The molecule has 0 unspecified atom stereocenters. The molecule has 0 bridgehead atoms. The lowest BCUT2D eigenvalue weighted by Crippen LogP contribution is -1.98. The van der Waals surface area contributed by atoms with Crippen LogP contribution in [-0.2, 0) is 0 Å². The Morgan fingerprint density at radius 3 is 2.71 bits per heavy atom. The topological polar surface area (TPSA) is 72.3 Å². The number of aromatic nitrogens is 6. The minimum absolute atomic E-state index is 0.794. The van der Waals surface area contributed by atoms with Crippen molar-refractivity contribution in [3.05, 3.63) is 42.9 Å². The number of pyridine rings is 1. The number of aryl methyl sites for hydroxylation is 1. The van der Waals surface area contributed by atoms with Crippen molar-refractivity contribution in [1.82, 2.24) is 29.9 Å². The molecule has 0 fully saturated rings. The summed E-state index contributed by atoms with van der Waals surface area (Å²) in [4.78, 5) is 4.42. The Kier molecular flexibility index (Phi) is 2.18. The highest BCUT2D eigenvalue weighted by molar-refractivity contribution is 5.70. The van der Waals surface area contributed by atoms with Crippen LogP contribution >= 0.6 is 0 Å². The van der Waals surface area contributed by atoms with Gasteiger partial charge in [0.15, 0.2) is 0 Å². The standard InChI is InChI=1S/C11H10N6/c1-8-2-10(9-4-13-14-5-9)11(12-3-8)17-6-15-16-7-17/h2-7H,1H3,(H,13,14). The molecule has 0 aliphatic heterocycles. The highest BCUT2D eigenvalue weighted by Gasteiger charge is 2.09. The van der Waals surface area contributed by atoms with Gasteiger partial charge in [0.1, 0.15) is 18.5 Å². The number of nitrogens with one attached hydrogen (secondary N) is 1. The van der Waals surface area contributed by atoms with Crippen molar-refractivity contribution < 1.29 is 0 Å². The van der Waals surface area contributed by atoms with Crippen molar-refractivity contribution in [2.75, 3.05) is 0 Å². The largest absolute Gasteiger partial charge is 0.285 e. The van der Waals surface area contributed by atoms with Crippen LogP contribution in [0.2, 0.25) is 0 Å². The second-order valence-corrected chi connectivity index (χ2v) is 3.74. The number of hydrogen-bond acceptors (Lipinski definition) is 4. The zero-order chi connectivity index (χ0) is 11.7. The maximum atomic E-state index is 4.42. The molecule has 17 heavy (non-hydrogen) atoms. The van der Waals surface area contributed by atoms with E-state index in [0.29, 0.717) is 0 Å². The van der Waals surface area contributed by atoms with Gasteiger partial charge in [-0.25, -0.2) is 4.98 Å². The Morgan fingerprint density at radius 1 is 1.18 bits per heavy atom. The van der Waals surface area contributed by atoms with Crippen molar-refractivity contribution >= 4 is 0 Å². The lowest BCUT2D eigenvalue weighted by molar-refractivity contribution is 0.989. The summed E-state index contributed by atoms with van der Waals surface area (Å²) in [5.74, 6) is 0.794. The lowest BCUT2D eigenvalue weighted by atomic mass is 10.1. The molecular formula is C11H10N6. The molecule has 0 aromatic carbocycles. The number of hydrogen-bond donors (Lipinski definition) is 1. The number of H-pyrrole nitrogens is 1. The summed E-state index contributed by atoms with van der Waals surface area (Å²) in [7, 11) is 0. The van der Waals surface area contributed by atoms with Crippen LogP contribution in [-0.4, -0.2) is 29.9 Å². The summed E-state index contributed by atoms with van der Waals surface area (Å²) >= 11 is 0. The van der Waals surface area contributed by atoms with Crippen LogP contribution in [0.25, 0.3) is 16.9 Å². The molecule has 1 N–H and O–H groups in total. The summed E-state index contributed by atoms with van der Waals surface area (Å²) in [6.07, 6.45) is 8.68. The van der Waals surface area contributed by atoms with Crippen molar-refractivity contribution in [3.63, 3.8) is 0 Å². The second kappa shape index (κ2) is 3.82. The molecule has 0 spiro atoms. The Morgan fingerprint density at radius 2 is 2.00 bits per heavy atom. The van der Waals surface area contributed by atoms with Gasteiger partial charge in [-0.1, -0.05) is 0 Å². The molecule has 0 aliphatic rings. The summed E-state index contributed by atoms with van der Waals surface area (Å²) in [6.45, 7) is 2.01. The Bertz CT molecular complexity index is 611. The molecule has 0 saturated heterocycles. The van der Waals surface area contributed by atoms with Crippen molar-refractivity contribution in [1.29, 1.82) is 0 Å². The van der Waals surface area contributed by atoms with Crippen LogP contribution in [0.4, 0.5) is 0 Å². The van der Waals surface area contributed by atoms with Crippen molar-refractivity contribution in [2.24, 2.45) is 0 Å². The van der Waals surface area contributed by atoms with Gasteiger partial charge in [-0.3, -0.25) is 9.67 Å². The molecule has 6 nitrogen and oxygen atoms in total. The zero-order valence-corrected chi connectivity index (χ0v) is 9.20. The molecule has 3 aromatic heterocycles. The van der Waals surface area contributed by atoms with Crippen LogP contribution in [0.15, 0.2) is 37.3 Å². The predicted molar refractivity (Wildman–Crippen MR) is 61.5 cm³/mol. The lowest BCUT2D eigenvalue weighted by Gasteiger charge is -2.07. The molecule has 6 heteroatoms. The first kappa shape index (κ1) is 9.71. The second-order valence-electron chi connectivity index (χ2n) is 3.74. The summed E-state index contributed by atoms with van der Waals surface area (Å²) in [5.41, 5.74) is 3.08. The monoisotopic (exact) mass is 226 g/mol. The van der Waals surface area contributed by atoms with E-state index in [1.165, 1.54) is 0 Å². The average Bonchev–Trinajstić information content (AvgIpc) is 3.02. The van der Waals surface area contributed by atoms with E-state index in [4.69, 9.17) is 0 Å². The van der Waals surface area contributed by atoms with E-state index in [1.54, 1.807) is 23.4 Å². The van der Waals surface area contributed by atoms with Crippen LogP contribution < -0.4 is 0 Å². The summed E-state index contributed by atoms with van der Waals surface area (Å²) in [6, 6.07) is 2.06. The molecule has 0 radical (unpaired) electrons. The van der Waals surface area contributed by atoms with E-state index in [9.17, 15) is 0 Å². The van der Waals surface area contributed by atoms with Gasteiger partial charge < -0.3 is 0 Å². The van der Waals surface area contributed by atoms with Gasteiger partial charge in [-0.15, -0.1) is 10.2 Å². The minimum atomic E-state index is 0.794. The molecule has 0 aliphatic carbocycles. The van der Waals surface area contributed by atoms with E-state index < -0.39 is 0 Å².